The van der Waals surface area contributed by atoms with Gasteiger partial charge in [0, 0.05) is 49.9 Å². The minimum Gasteiger partial charge on any atom is -0.383 e. The lowest BCUT2D eigenvalue weighted by atomic mass is 10.2. The number of nitrogens with zero attached hydrogens (tertiary/aromatic N) is 2. The van der Waals surface area contributed by atoms with Gasteiger partial charge in [-0.25, -0.2) is 0 Å². The molecule has 0 amide bonds. The minimum absolute atomic E-state index is 0.520. The molecule has 0 saturated carbocycles. The SMILES string of the molecule is CCN(CCOC)c1cc(C)ncc1CN. The highest BCUT2D eigenvalue weighted by atomic mass is 16.5. The van der Waals surface area contributed by atoms with E-state index in [1.54, 1.807) is 7.11 Å². The highest BCUT2D eigenvalue weighted by Gasteiger charge is 2.09. The van der Waals surface area contributed by atoms with Gasteiger partial charge in [-0.2, -0.15) is 0 Å². The lowest BCUT2D eigenvalue weighted by Crippen LogP contribution is -2.28. The molecule has 1 aromatic heterocycles. The zero-order valence-electron chi connectivity index (χ0n) is 10.4. The predicted molar refractivity (Wildman–Crippen MR) is 66.6 cm³/mol. The van der Waals surface area contributed by atoms with Gasteiger partial charge in [0.25, 0.3) is 0 Å². The lowest BCUT2D eigenvalue weighted by Gasteiger charge is -2.25. The summed E-state index contributed by atoms with van der Waals surface area (Å²) in [4.78, 5) is 6.53. The number of methoxy groups -OCH3 is 1. The highest BCUT2D eigenvalue weighted by Crippen LogP contribution is 2.20. The number of anilines is 1. The summed E-state index contributed by atoms with van der Waals surface area (Å²) in [6, 6.07) is 2.08. The Bertz CT molecular complexity index is 328. The van der Waals surface area contributed by atoms with Gasteiger partial charge in [0.1, 0.15) is 0 Å². The van der Waals surface area contributed by atoms with E-state index in [1.807, 2.05) is 13.1 Å². The first-order chi connectivity index (χ1) is 7.72. The van der Waals surface area contributed by atoms with Crippen LogP contribution in [0.2, 0.25) is 0 Å². The van der Waals surface area contributed by atoms with Crippen molar-refractivity contribution in [3.8, 4) is 0 Å². The van der Waals surface area contributed by atoms with Crippen LogP contribution in [0.25, 0.3) is 0 Å². The number of rotatable bonds is 6. The molecule has 2 N–H and O–H groups in total. The van der Waals surface area contributed by atoms with E-state index in [-0.39, 0.29) is 0 Å². The smallest absolute Gasteiger partial charge is 0.0637 e. The molecular weight excluding hydrogens is 202 g/mol. The Hall–Kier alpha value is -1.13. The molecule has 0 radical (unpaired) electrons. The number of ether oxygens (including phenoxy) is 1. The fourth-order valence-electron chi connectivity index (χ4n) is 1.68. The third-order valence-corrected chi connectivity index (χ3v) is 2.61. The maximum Gasteiger partial charge on any atom is 0.0637 e. The fourth-order valence-corrected chi connectivity index (χ4v) is 1.68. The summed E-state index contributed by atoms with van der Waals surface area (Å²) in [6.45, 7) is 7.19. The van der Waals surface area contributed by atoms with Crippen LogP contribution in [0.15, 0.2) is 12.3 Å². The maximum absolute atomic E-state index is 5.72. The van der Waals surface area contributed by atoms with E-state index in [2.05, 4.69) is 22.9 Å². The Balaban J connectivity index is 2.92. The van der Waals surface area contributed by atoms with E-state index in [4.69, 9.17) is 10.5 Å². The van der Waals surface area contributed by atoms with Crippen molar-refractivity contribution in [2.75, 3.05) is 31.7 Å². The van der Waals surface area contributed by atoms with Crippen LogP contribution < -0.4 is 10.6 Å². The molecule has 0 atom stereocenters. The highest BCUT2D eigenvalue weighted by molar-refractivity contribution is 5.53. The largest absolute Gasteiger partial charge is 0.383 e. The number of nitrogens with two attached hydrogens (primary N) is 1. The van der Waals surface area contributed by atoms with Crippen LogP contribution in [0, 0.1) is 6.92 Å². The first-order valence-electron chi connectivity index (χ1n) is 5.62. The monoisotopic (exact) mass is 223 g/mol. The number of hydrogen-bond donors (Lipinski definition) is 1. The van der Waals surface area contributed by atoms with E-state index in [0.717, 1.165) is 31.0 Å². The number of pyridine rings is 1. The van der Waals surface area contributed by atoms with Gasteiger partial charge in [-0.3, -0.25) is 4.98 Å². The molecule has 0 bridgehead atoms. The van der Waals surface area contributed by atoms with E-state index in [0.29, 0.717) is 6.54 Å². The van der Waals surface area contributed by atoms with Crippen LogP contribution in [-0.2, 0) is 11.3 Å². The van der Waals surface area contributed by atoms with Gasteiger partial charge in [-0.05, 0) is 19.9 Å². The van der Waals surface area contributed by atoms with Crippen molar-refractivity contribution < 1.29 is 4.74 Å². The van der Waals surface area contributed by atoms with E-state index in [1.165, 1.54) is 5.69 Å². The van der Waals surface area contributed by atoms with Crippen molar-refractivity contribution in [3.63, 3.8) is 0 Å². The number of aryl methyl sites for hydroxylation is 1. The average Bonchev–Trinajstić information content (AvgIpc) is 2.30. The summed E-state index contributed by atoms with van der Waals surface area (Å²) < 4.78 is 5.11. The summed E-state index contributed by atoms with van der Waals surface area (Å²) in [5.74, 6) is 0. The van der Waals surface area contributed by atoms with Gasteiger partial charge < -0.3 is 15.4 Å². The molecule has 0 aliphatic carbocycles. The van der Waals surface area contributed by atoms with Crippen LogP contribution >= 0.6 is 0 Å². The summed E-state index contributed by atoms with van der Waals surface area (Å²) in [7, 11) is 1.72. The van der Waals surface area contributed by atoms with Crippen LogP contribution in [0.1, 0.15) is 18.2 Å². The van der Waals surface area contributed by atoms with Crippen molar-refractivity contribution in [3.05, 3.63) is 23.5 Å². The molecule has 1 heterocycles. The van der Waals surface area contributed by atoms with Gasteiger partial charge in [-0.15, -0.1) is 0 Å². The Labute approximate surface area is 97.4 Å². The molecule has 1 aromatic rings. The number of hydrogen-bond acceptors (Lipinski definition) is 4. The van der Waals surface area contributed by atoms with E-state index < -0.39 is 0 Å². The van der Waals surface area contributed by atoms with Gasteiger partial charge in [0.15, 0.2) is 0 Å². The first-order valence-corrected chi connectivity index (χ1v) is 5.62. The second-order valence-electron chi connectivity index (χ2n) is 3.73. The molecule has 0 fully saturated rings. The zero-order chi connectivity index (χ0) is 12.0. The van der Waals surface area contributed by atoms with Gasteiger partial charge >= 0.3 is 0 Å². The molecule has 0 aromatic carbocycles. The third-order valence-electron chi connectivity index (χ3n) is 2.61. The van der Waals surface area contributed by atoms with Gasteiger partial charge in [-0.1, -0.05) is 0 Å². The van der Waals surface area contributed by atoms with Crippen molar-refractivity contribution in [1.82, 2.24) is 4.98 Å². The van der Waals surface area contributed by atoms with Crippen molar-refractivity contribution in [1.29, 1.82) is 0 Å². The third kappa shape index (κ3) is 3.18. The van der Waals surface area contributed by atoms with Gasteiger partial charge in [0.05, 0.1) is 6.61 Å². The standard InChI is InChI=1S/C12H21N3O/c1-4-15(5-6-16-3)12-7-10(2)14-9-11(12)8-13/h7,9H,4-6,8,13H2,1-3H3. The molecule has 0 spiro atoms. The molecule has 0 aliphatic heterocycles. The molecule has 16 heavy (non-hydrogen) atoms. The van der Waals surface area contributed by atoms with Crippen LogP contribution in [-0.4, -0.2) is 31.8 Å². The second kappa shape index (κ2) is 6.45. The van der Waals surface area contributed by atoms with E-state index >= 15 is 0 Å². The van der Waals surface area contributed by atoms with E-state index in [9.17, 15) is 0 Å². The average molecular weight is 223 g/mol. The molecule has 0 saturated heterocycles. The van der Waals surface area contributed by atoms with Crippen molar-refractivity contribution >= 4 is 5.69 Å². The van der Waals surface area contributed by atoms with Crippen molar-refractivity contribution in [2.45, 2.75) is 20.4 Å². The molecule has 90 valence electrons. The van der Waals surface area contributed by atoms with Gasteiger partial charge in [0.2, 0.25) is 0 Å². The number of aromatic nitrogens is 1. The Kier molecular flexibility index (Phi) is 5.22. The summed E-state index contributed by atoms with van der Waals surface area (Å²) in [5, 5.41) is 0. The summed E-state index contributed by atoms with van der Waals surface area (Å²) >= 11 is 0. The van der Waals surface area contributed by atoms with Crippen LogP contribution in [0.4, 0.5) is 5.69 Å². The minimum atomic E-state index is 0.520. The Morgan fingerprint density at radius 2 is 2.25 bits per heavy atom. The molecule has 4 nitrogen and oxygen atoms in total. The molecular formula is C12H21N3O. The fraction of sp³-hybridized carbons (Fsp3) is 0.583. The first kappa shape index (κ1) is 12.9. The topological polar surface area (TPSA) is 51.4 Å². The molecule has 4 heteroatoms. The lowest BCUT2D eigenvalue weighted by molar-refractivity contribution is 0.205. The quantitative estimate of drug-likeness (QED) is 0.790. The second-order valence-corrected chi connectivity index (χ2v) is 3.73. The Morgan fingerprint density at radius 3 is 2.81 bits per heavy atom. The predicted octanol–water partition coefficient (Wildman–Crippen LogP) is 1.32. The maximum atomic E-state index is 5.72. The summed E-state index contributed by atoms with van der Waals surface area (Å²) in [5.41, 5.74) is 9.00. The number of likely N-dealkylation sites (N-methyl/N-ethyl adjacent to an activating group) is 1. The summed E-state index contributed by atoms with van der Waals surface area (Å²) in [6.07, 6.45) is 1.86. The van der Waals surface area contributed by atoms with Crippen LogP contribution in [0.3, 0.4) is 0 Å². The normalized spacial score (nSPS) is 10.5. The molecule has 1 rings (SSSR count). The zero-order valence-corrected chi connectivity index (χ0v) is 10.4. The van der Waals surface area contributed by atoms with Crippen LogP contribution in [0.5, 0.6) is 0 Å². The molecule has 0 unspecified atom stereocenters. The molecule has 0 aliphatic rings. The Morgan fingerprint density at radius 1 is 1.50 bits per heavy atom. The van der Waals surface area contributed by atoms with Crippen molar-refractivity contribution in [2.24, 2.45) is 5.73 Å².